The van der Waals surface area contributed by atoms with Gasteiger partial charge in [-0.1, -0.05) is 6.07 Å². The molecule has 2 aromatic rings. The second-order valence-corrected chi connectivity index (χ2v) is 6.07. The number of pyridine rings is 1. The summed E-state index contributed by atoms with van der Waals surface area (Å²) in [5.74, 6) is 0.796. The maximum atomic E-state index is 13.8. The summed E-state index contributed by atoms with van der Waals surface area (Å²) >= 11 is 0. The van der Waals surface area contributed by atoms with Crippen molar-refractivity contribution in [3.05, 3.63) is 59.8 Å². The molecule has 1 aromatic heterocycles. The fraction of sp³-hybridized carbons (Fsp3) is 0.368. The van der Waals surface area contributed by atoms with Crippen LogP contribution in [0.3, 0.4) is 0 Å². The first-order valence-corrected chi connectivity index (χ1v) is 8.80. The number of piperazine rings is 1. The van der Waals surface area contributed by atoms with Crippen LogP contribution in [-0.4, -0.2) is 48.6 Å². The lowest BCUT2D eigenvalue weighted by Crippen LogP contribution is -2.52. The molecular formula is C19H24F2IN5. The van der Waals surface area contributed by atoms with E-state index in [1.54, 1.807) is 6.20 Å². The molecule has 146 valence electrons. The van der Waals surface area contributed by atoms with Crippen molar-refractivity contribution in [2.24, 2.45) is 4.99 Å². The van der Waals surface area contributed by atoms with Crippen LogP contribution in [0.5, 0.6) is 0 Å². The van der Waals surface area contributed by atoms with Crippen LogP contribution in [0.1, 0.15) is 12.5 Å². The number of benzene rings is 1. The Morgan fingerprint density at radius 3 is 2.59 bits per heavy atom. The van der Waals surface area contributed by atoms with Gasteiger partial charge in [0.15, 0.2) is 5.96 Å². The van der Waals surface area contributed by atoms with Crippen LogP contribution in [0.15, 0.2) is 47.6 Å². The topological polar surface area (TPSA) is 43.8 Å². The Kier molecular flexibility index (Phi) is 8.21. The fourth-order valence-corrected chi connectivity index (χ4v) is 2.94. The Morgan fingerprint density at radius 1 is 1.15 bits per heavy atom. The Morgan fingerprint density at radius 2 is 1.93 bits per heavy atom. The lowest BCUT2D eigenvalue weighted by molar-refractivity contribution is 0.371. The molecule has 0 unspecified atom stereocenters. The SMILES string of the molecule is CCNC(=NCc1cc(F)ccc1F)N1CCN(c2ccccn2)CC1.I. The minimum atomic E-state index is -0.453. The number of nitrogens with one attached hydrogen (secondary N) is 1. The van der Waals surface area contributed by atoms with E-state index in [0.29, 0.717) is 6.54 Å². The maximum Gasteiger partial charge on any atom is 0.194 e. The smallest absolute Gasteiger partial charge is 0.194 e. The predicted molar refractivity (Wildman–Crippen MR) is 115 cm³/mol. The molecule has 1 saturated heterocycles. The molecule has 5 nitrogen and oxygen atoms in total. The molecule has 0 spiro atoms. The Balaban J connectivity index is 0.00000261. The maximum absolute atomic E-state index is 13.8. The van der Waals surface area contributed by atoms with E-state index < -0.39 is 11.6 Å². The first kappa shape index (κ1) is 21.3. The van der Waals surface area contributed by atoms with Crippen molar-refractivity contribution in [2.45, 2.75) is 13.5 Å². The third-order valence-electron chi connectivity index (χ3n) is 4.29. The number of nitrogens with zero attached hydrogens (tertiary/aromatic N) is 4. The first-order valence-electron chi connectivity index (χ1n) is 8.80. The van der Waals surface area contributed by atoms with Crippen molar-refractivity contribution in [3.63, 3.8) is 0 Å². The summed E-state index contributed by atoms with van der Waals surface area (Å²) in [5.41, 5.74) is 0.257. The zero-order valence-electron chi connectivity index (χ0n) is 15.2. The van der Waals surface area contributed by atoms with Crippen LogP contribution in [0.4, 0.5) is 14.6 Å². The van der Waals surface area contributed by atoms with E-state index in [1.807, 2.05) is 25.1 Å². The Labute approximate surface area is 175 Å². The lowest BCUT2D eigenvalue weighted by atomic mass is 10.2. The third-order valence-corrected chi connectivity index (χ3v) is 4.29. The Bertz CT molecular complexity index is 749. The van der Waals surface area contributed by atoms with Gasteiger partial charge < -0.3 is 15.1 Å². The minimum absolute atomic E-state index is 0. The van der Waals surface area contributed by atoms with Crippen LogP contribution in [0, 0.1) is 11.6 Å². The summed E-state index contributed by atoms with van der Waals surface area (Å²) in [4.78, 5) is 13.3. The van der Waals surface area contributed by atoms with Gasteiger partial charge in [-0.25, -0.2) is 18.8 Å². The van der Waals surface area contributed by atoms with Gasteiger partial charge in [-0.15, -0.1) is 24.0 Å². The van der Waals surface area contributed by atoms with Gasteiger partial charge in [0.25, 0.3) is 0 Å². The second kappa shape index (κ2) is 10.4. The molecule has 0 saturated carbocycles. The molecule has 27 heavy (non-hydrogen) atoms. The zero-order chi connectivity index (χ0) is 18.4. The zero-order valence-corrected chi connectivity index (χ0v) is 17.6. The van der Waals surface area contributed by atoms with Crippen LogP contribution in [0.25, 0.3) is 0 Å². The highest BCUT2D eigenvalue weighted by atomic mass is 127. The van der Waals surface area contributed by atoms with Crippen molar-refractivity contribution in [3.8, 4) is 0 Å². The molecule has 3 rings (SSSR count). The van der Waals surface area contributed by atoms with Crippen LogP contribution < -0.4 is 10.2 Å². The van der Waals surface area contributed by atoms with Gasteiger partial charge in [0, 0.05) is 44.5 Å². The molecule has 1 fully saturated rings. The van der Waals surface area contributed by atoms with E-state index in [9.17, 15) is 8.78 Å². The second-order valence-electron chi connectivity index (χ2n) is 6.07. The molecule has 0 aliphatic carbocycles. The van der Waals surface area contributed by atoms with Crippen molar-refractivity contribution in [1.82, 2.24) is 15.2 Å². The Hall–Kier alpha value is -1.97. The molecule has 0 bridgehead atoms. The summed E-state index contributed by atoms with van der Waals surface area (Å²) in [6, 6.07) is 9.33. The van der Waals surface area contributed by atoms with Gasteiger partial charge in [-0.2, -0.15) is 0 Å². The summed E-state index contributed by atoms with van der Waals surface area (Å²) in [6.45, 7) is 6.04. The fourth-order valence-electron chi connectivity index (χ4n) is 2.94. The van der Waals surface area contributed by atoms with E-state index in [4.69, 9.17) is 0 Å². The average Bonchev–Trinajstić information content (AvgIpc) is 2.68. The molecule has 1 aliphatic heterocycles. The normalized spacial score (nSPS) is 14.7. The number of aliphatic imine (C=N–C) groups is 1. The monoisotopic (exact) mass is 487 g/mol. The van der Waals surface area contributed by atoms with Gasteiger partial charge in [0.2, 0.25) is 0 Å². The highest BCUT2D eigenvalue weighted by Crippen LogP contribution is 2.14. The summed E-state index contributed by atoms with van der Waals surface area (Å²) in [6.07, 6.45) is 1.79. The summed E-state index contributed by atoms with van der Waals surface area (Å²) in [5, 5.41) is 3.24. The molecule has 0 amide bonds. The first-order chi connectivity index (χ1) is 12.7. The minimum Gasteiger partial charge on any atom is -0.357 e. The molecule has 0 radical (unpaired) electrons. The number of guanidine groups is 1. The molecule has 1 N–H and O–H groups in total. The third kappa shape index (κ3) is 5.75. The largest absolute Gasteiger partial charge is 0.357 e. The van der Waals surface area contributed by atoms with Gasteiger partial charge in [0.05, 0.1) is 6.54 Å². The van der Waals surface area contributed by atoms with Crippen molar-refractivity contribution in [1.29, 1.82) is 0 Å². The molecule has 1 aliphatic rings. The van der Waals surface area contributed by atoms with Gasteiger partial charge in [-0.3, -0.25) is 0 Å². The van der Waals surface area contributed by atoms with Crippen molar-refractivity contribution in [2.75, 3.05) is 37.6 Å². The molecule has 0 atom stereocenters. The number of halogens is 3. The standard InChI is InChI=1S/C19H23F2N5.HI/c1-2-22-19(24-14-15-13-16(20)6-7-17(15)21)26-11-9-25(10-12-26)18-5-3-4-8-23-18;/h3-8,13H,2,9-12,14H2,1H3,(H,22,24);1H. The van der Waals surface area contributed by atoms with E-state index in [1.165, 1.54) is 6.07 Å². The predicted octanol–water partition coefficient (Wildman–Crippen LogP) is 3.27. The summed E-state index contributed by atoms with van der Waals surface area (Å²) < 4.78 is 27.1. The molecule has 8 heteroatoms. The van der Waals surface area contributed by atoms with Crippen LogP contribution in [0.2, 0.25) is 0 Å². The van der Waals surface area contributed by atoms with Crippen molar-refractivity contribution >= 4 is 35.8 Å². The van der Waals surface area contributed by atoms with Gasteiger partial charge >= 0.3 is 0 Å². The number of aromatic nitrogens is 1. The molecule has 1 aromatic carbocycles. The number of anilines is 1. The van der Waals surface area contributed by atoms with E-state index in [0.717, 1.165) is 50.1 Å². The number of hydrogen-bond acceptors (Lipinski definition) is 3. The van der Waals surface area contributed by atoms with Crippen LogP contribution >= 0.6 is 24.0 Å². The van der Waals surface area contributed by atoms with E-state index >= 15 is 0 Å². The highest BCUT2D eigenvalue weighted by molar-refractivity contribution is 14.0. The van der Waals surface area contributed by atoms with Gasteiger partial charge in [-0.05, 0) is 37.3 Å². The number of hydrogen-bond donors (Lipinski definition) is 1. The highest BCUT2D eigenvalue weighted by Gasteiger charge is 2.20. The van der Waals surface area contributed by atoms with Crippen molar-refractivity contribution < 1.29 is 8.78 Å². The molecule has 2 heterocycles. The van der Waals surface area contributed by atoms with E-state index in [2.05, 4.69) is 25.1 Å². The average molecular weight is 487 g/mol. The summed E-state index contributed by atoms with van der Waals surface area (Å²) in [7, 11) is 0. The van der Waals surface area contributed by atoms with Crippen LogP contribution in [-0.2, 0) is 6.54 Å². The molecular weight excluding hydrogens is 463 g/mol. The quantitative estimate of drug-likeness (QED) is 0.409. The number of rotatable bonds is 4. The van der Waals surface area contributed by atoms with E-state index in [-0.39, 0.29) is 36.1 Å². The lowest BCUT2D eigenvalue weighted by Gasteiger charge is -2.37. The van der Waals surface area contributed by atoms with Gasteiger partial charge in [0.1, 0.15) is 17.5 Å².